The summed E-state index contributed by atoms with van der Waals surface area (Å²) in [6, 6.07) is 5.53. The van der Waals surface area contributed by atoms with Crippen molar-refractivity contribution in [1.82, 2.24) is 30.1 Å². The van der Waals surface area contributed by atoms with Gasteiger partial charge in [0.15, 0.2) is 11.6 Å². The molecule has 0 aromatic carbocycles. The van der Waals surface area contributed by atoms with Gasteiger partial charge in [0.05, 0.1) is 6.04 Å². The summed E-state index contributed by atoms with van der Waals surface area (Å²) in [6.45, 7) is 2.55. The van der Waals surface area contributed by atoms with E-state index in [0.29, 0.717) is 42.9 Å². The summed E-state index contributed by atoms with van der Waals surface area (Å²) < 4.78 is 15.0. The molecule has 2 aliphatic heterocycles. The highest BCUT2D eigenvalue weighted by Crippen LogP contribution is 2.40. The van der Waals surface area contributed by atoms with Crippen LogP contribution in [0.25, 0.3) is 5.52 Å². The Balaban J connectivity index is 1.28. The lowest BCUT2D eigenvalue weighted by molar-refractivity contribution is -0.125. The first kappa shape index (κ1) is 20.8. The zero-order valence-corrected chi connectivity index (χ0v) is 18.8. The molecule has 3 aliphatic rings. The van der Waals surface area contributed by atoms with Crippen molar-refractivity contribution in [2.75, 3.05) is 16.8 Å². The summed E-state index contributed by atoms with van der Waals surface area (Å²) >= 11 is 0. The molecule has 10 nitrogen and oxygen atoms in total. The highest BCUT2D eigenvalue weighted by molar-refractivity contribution is 5.92. The second-order valence-electron chi connectivity index (χ2n) is 9.36. The number of fused-ring (bicyclic) bond motifs is 1. The fraction of sp³-hybridized carbons (Fsp3) is 0.435. The molecule has 176 valence electrons. The summed E-state index contributed by atoms with van der Waals surface area (Å²) in [5, 5.41) is 18.5. The number of H-pyrrole nitrogens is 1. The number of aromatic amines is 1. The van der Waals surface area contributed by atoms with Gasteiger partial charge in [-0.2, -0.15) is 14.5 Å². The molecular weight excluding hydrogens is 437 g/mol. The molecule has 2 fully saturated rings. The second kappa shape index (κ2) is 7.93. The average molecular weight is 464 g/mol. The molecule has 0 radical (unpaired) electrons. The molecule has 0 bridgehead atoms. The molecule has 0 spiro atoms. The number of hydrogen-bond donors (Lipinski definition) is 3. The maximum atomic E-state index is 13.3. The summed E-state index contributed by atoms with van der Waals surface area (Å²) in [6.07, 6.45) is 8.93. The number of carbonyl (C=O) groups is 1. The van der Waals surface area contributed by atoms with Crippen molar-refractivity contribution in [3.8, 4) is 0 Å². The Labute approximate surface area is 195 Å². The van der Waals surface area contributed by atoms with E-state index in [4.69, 9.17) is 10.1 Å². The average Bonchev–Trinajstić information content (AvgIpc) is 3.20. The molecule has 1 saturated heterocycles. The maximum Gasteiger partial charge on any atom is 0.246 e. The van der Waals surface area contributed by atoms with Crippen molar-refractivity contribution < 1.29 is 9.18 Å². The predicted molar refractivity (Wildman–Crippen MR) is 126 cm³/mol. The number of aromatic nitrogens is 5. The molecule has 1 amide bonds. The lowest BCUT2D eigenvalue weighted by atomic mass is 9.97. The number of halogens is 1. The molecule has 1 aliphatic carbocycles. The molecule has 3 aromatic rings. The Kier molecular flexibility index (Phi) is 4.85. The molecular formula is C23H26FN9O. The highest BCUT2D eigenvalue weighted by atomic mass is 19.1. The van der Waals surface area contributed by atoms with Crippen molar-refractivity contribution in [2.24, 2.45) is 4.99 Å². The van der Waals surface area contributed by atoms with E-state index in [9.17, 15) is 9.18 Å². The van der Waals surface area contributed by atoms with E-state index in [1.807, 2.05) is 36.2 Å². The van der Waals surface area contributed by atoms with Crippen LogP contribution in [-0.4, -0.2) is 55.0 Å². The van der Waals surface area contributed by atoms with Gasteiger partial charge in [-0.15, -0.1) is 5.10 Å². The summed E-state index contributed by atoms with van der Waals surface area (Å²) in [7, 11) is 0. The largest absolute Gasteiger partial charge is 0.346 e. The smallest absolute Gasteiger partial charge is 0.246 e. The van der Waals surface area contributed by atoms with Gasteiger partial charge in [-0.05, 0) is 57.2 Å². The van der Waals surface area contributed by atoms with E-state index in [0.717, 1.165) is 17.6 Å². The maximum absolute atomic E-state index is 13.3. The predicted octanol–water partition coefficient (Wildman–Crippen LogP) is 3.20. The fourth-order valence-corrected chi connectivity index (χ4v) is 4.69. The van der Waals surface area contributed by atoms with Crippen molar-refractivity contribution in [1.29, 1.82) is 0 Å². The summed E-state index contributed by atoms with van der Waals surface area (Å²) in [4.78, 5) is 23.8. The van der Waals surface area contributed by atoms with Gasteiger partial charge >= 0.3 is 0 Å². The Bertz CT molecular complexity index is 1310. The van der Waals surface area contributed by atoms with E-state index in [-0.39, 0.29) is 11.9 Å². The quantitative estimate of drug-likeness (QED) is 0.484. The molecule has 34 heavy (non-hydrogen) atoms. The summed E-state index contributed by atoms with van der Waals surface area (Å²) in [5.41, 5.74) is 1.11. The first-order chi connectivity index (χ1) is 16.5. The van der Waals surface area contributed by atoms with E-state index in [1.165, 1.54) is 25.1 Å². The van der Waals surface area contributed by atoms with Crippen molar-refractivity contribution >= 4 is 35.2 Å². The molecule has 5 heterocycles. The van der Waals surface area contributed by atoms with Crippen LogP contribution < -0.4 is 15.5 Å². The number of rotatable bonds is 6. The van der Waals surface area contributed by atoms with Crippen molar-refractivity contribution in [3.63, 3.8) is 0 Å². The van der Waals surface area contributed by atoms with Crippen LogP contribution in [0.3, 0.4) is 0 Å². The zero-order valence-electron chi connectivity index (χ0n) is 18.8. The third-order valence-electron chi connectivity index (χ3n) is 6.85. The fourth-order valence-electron chi connectivity index (χ4n) is 4.69. The van der Waals surface area contributed by atoms with Crippen molar-refractivity contribution in [3.05, 3.63) is 42.1 Å². The van der Waals surface area contributed by atoms with Gasteiger partial charge in [0, 0.05) is 36.6 Å². The van der Waals surface area contributed by atoms with E-state index < -0.39 is 11.5 Å². The molecule has 3 aromatic heterocycles. The molecule has 2 atom stereocenters. The minimum Gasteiger partial charge on any atom is -0.346 e. The second-order valence-corrected chi connectivity index (χ2v) is 9.36. The molecule has 1 unspecified atom stereocenters. The van der Waals surface area contributed by atoms with Gasteiger partial charge < -0.3 is 15.5 Å². The molecule has 1 saturated carbocycles. The normalized spacial score (nSPS) is 24.5. The first-order valence-electron chi connectivity index (χ1n) is 11.7. The van der Waals surface area contributed by atoms with Crippen LogP contribution in [0, 0.1) is 0 Å². The number of nitrogens with one attached hydrogen (secondary N) is 3. The number of nitrogens with zero attached hydrogens (tertiary/aromatic N) is 6. The lowest BCUT2D eigenvalue weighted by Crippen LogP contribution is -2.56. The number of aliphatic imine (C=N–C) groups is 1. The van der Waals surface area contributed by atoms with Crippen LogP contribution in [0.1, 0.15) is 50.6 Å². The molecule has 3 N–H and O–H groups in total. The molecule has 11 heteroatoms. The topological polar surface area (TPSA) is 116 Å². The van der Waals surface area contributed by atoms with Crippen molar-refractivity contribution in [2.45, 2.75) is 56.5 Å². The van der Waals surface area contributed by atoms with Crippen LogP contribution in [-0.2, 0) is 4.79 Å². The van der Waals surface area contributed by atoms with Crippen LogP contribution in [0.4, 0.5) is 22.0 Å². The lowest BCUT2D eigenvalue weighted by Gasteiger charge is -2.35. The monoisotopic (exact) mass is 463 g/mol. The Hall–Kier alpha value is -3.76. The van der Waals surface area contributed by atoms with Crippen LogP contribution in [0.15, 0.2) is 41.4 Å². The number of carbonyl (C=O) groups excluding carboxylic acids is 1. The Morgan fingerprint density at radius 2 is 2.24 bits per heavy atom. The number of anilines is 3. The van der Waals surface area contributed by atoms with E-state index >= 15 is 0 Å². The van der Waals surface area contributed by atoms with Crippen LogP contribution >= 0.6 is 0 Å². The summed E-state index contributed by atoms with van der Waals surface area (Å²) in [5.74, 6) is 1.69. The van der Waals surface area contributed by atoms with E-state index in [2.05, 4.69) is 25.8 Å². The Morgan fingerprint density at radius 1 is 1.35 bits per heavy atom. The van der Waals surface area contributed by atoms with E-state index in [1.54, 1.807) is 4.52 Å². The van der Waals surface area contributed by atoms with Gasteiger partial charge in [0.1, 0.15) is 11.1 Å². The Morgan fingerprint density at radius 3 is 3.03 bits per heavy atom. The number of amides is 1. The van der Waals surface area contributed by atoms with Gasteiger partial charge in [0.2, 0.25) is 17.8 Å². The van der Waals surface area contributed by atoms with Gasteiger partial charge in [0.25, 0.3) is 0 Å². The number of hydrogen-bond acceptors (Lipinski definition) is 7. The standard InChI is InChI=1S/C23H26FN9O/c1-23(21(34)26-15-7-8-18(24)25-13-15)9-3-10-32(23)22-28-20(17-4-2-11-33(17)31-22)27-19-12-16(29-30-19)14-5-6-14/h2,4,8,11-15H,3,5-7,9-10H2,1H3,(H,26,34)(H2,27,28,29,30,31)/t15?,23-/m0/s1. The SMILES string of the molecule is C[C@@]1(C(=O)NC2C=NC(F)=CC2)CCCN1c1nc(Nc2cc(C3CC3)[nH]n2)c2cccn2n1. The van der Waals surface area contributed by atoms with Gasteiger partial charge in [-0.1, -0.05) is 0 Å². The minimum absolute atomic E-state index is 0.149. The third kappa shape index (κ3) is 3.70. The molecule has 6 rings (SSSR count). The minimum atomic E-state index is -0.836. The highest BCUT2D eigenvalue weighted by Gasteiger charge is 2.45. The first-order valence-corrected chi connectivity index (χ1v) is 11.7. The van der Waals surface area contributed by atoms with Gasteiger partial charge in [-0.25, -0.2) is 9.51 Å². The van der Waals surface area contributed by atoms with Crippen LogP contribution in [0.2, 0.25) is 0 Å². The van der Waals surface area contributed by atoms with Gasteiger partial charge in [-0.3, -0.25) is 9.89 Å². The zero-order chi connectivity index (χ0) is 23.3. The van der Waals surface area contributed by atoms with Crippen LogP contribution in [0.5, 0.6) is 0 Å². The third-order valence-corrected chi connectivity index (χ3v) is 6.85.